The predicted molar refractivity (Wildman–Crippen MR) is 62.9 cm³/mol. The van der Waals surface area contributed by atoms with E-state index in [0.717, 1.165) is 23.9 Å². The Bertz CT molecular complexity index is 557. The number of nitrogens with one attached hydrogen (secondary N) is 1. The minimum absolute atomic E-state index is 0.123. The second-order valence-corrected chi connectivity index (χ2v) is 4.61. The Morgan fingerprint density at radius 2 is 2.25 bits per heavy atom. The molecule has 1 unspecified atom stereocenters. The van der Waals surface area contributed by atoms with Crippen LogP contribution in [0.2, 0.25) is 0 Å². The lowest BCUT2D eigenvalue weighted by Gasteiger charge is -2.21. The largest absolute Gasteiger partial charge is 0.345 e. The maximum absolute atomic E-state index is 13.8. The number of halogens is 1. The molecular weight excluding hydrogens is 203 g/mol. The fourth-order valence-corrected chi connectivity index (χ4v) is 2.69. The van der Waals surface area contributed by atoms with Crippen LogP contribution in [0.25, 0.3) is 10.9 Å². The average Bonchev–Trinajstić information content (AvgIpc) is 2.54. The predicted octanol–water partition coefficient (Wildman–Crippen LogP) is 2.35. The Labute approximate surface area is 94.1 Å². The molecule has 16 heavy (non-hydrogen) atoms. The van der Waals surface area contributed by atoms with Gasteiger partial charge in [0.2, 0.25) is 0 Å². The number of rotatable bonds is 0. The van der Waals surface area contributed by atoms with Crippen molar-refractivity contribution < 1.29 is 4.39 Å². The molecule has 0 spiro atoms. The van der Waals surface area contributed by atoms with E-state index < -0.39 is 0 Å². The molecule has 0 bridgehead atoms. The summed E-state index contributed by atoms with van der Waals surface area (Å²) < 4.78 is 15.8. The minimum Gasteiger partial charge on any atom is -0.345 e. The molecule has 1 aromatic heterocycles. The zero-order valence-corrected chi connectivity index (χ0v) is 9.55. The lowest BCUT2D eigenvalue weighted by molar-refractivity contribution is 0.500. The number of aromatic nitrogens is 1. The molecule has 3 rings (SSSR count). The van der Waals surface area contributed by atoms with Gasteiger partial charge in [-0.3, -0.25) is 0 Å². The molecule has 1 N–H and O–H groups in total. The normalized spacial score (nSPS) is 20.1. The number of nitrogens with zero attached hydrogens (tertiary/aromatic N) is 1. The second kappa shape index (κ2) is 3.32. The van der Waals surface area contributed by atoms with Gasteiger partial charge < -0.3 is 9.88 Å². The van der Waals surface area contributed by atoms with E-state index in [4.69, 9.17) is 0 Å². The number of benzene rings is 1. The third-order valence-corrected chi connectivity index (χ3v) is 3.53. The first kappa shape index (κ1) is 9.85. The molecule has 0 aliphatic carbocycles. The van der Waals surface area contributed by atoms with Gasteiger partial charge in [0.15, 0.2) is 0 Å². The van der Waals surface area contributed by atoms with E-state index in [2.05, 4.69) is 12.2 Å². The van der Waals surface area contributed by atoms with Gasteiger partial charge in [-0.2, -0.15) is 0 Å². The summed E-state index contributed by atoms with van der Waals surface area (Å²) in [7, 11) is 1.96. The Balaban J connectivity index is 2.36. The first-order chi connectivity index (χ1) is 7.68. The van der Waals surface area contributed by atoms with Gasteiger partial charge in [0.05, 0.1) is 5.52 Å². The number of para-hydroxylation sites is 1. The smallest absolute Gasteiger partial charge is 0.147 e. The number of hydrogen-bond donors (Lipinski definition) is 1. The lowest BCUT2D eigenvalue weighted by Crippen LogP contribution is -2.33. The van der Waals surface area contributed by atoms with Crippen molar-refractivity contribution >= 4 is 10.9 Å². The van der Waals surface area contributed by atoms with Gasteiger partial charge in [0.1, 0.15) is 5.82 Å². The molecule has 1 atom stereocenters. The maximum atomic E-state index is 13.8. The van der Waals surface area contributed by atoms with E-state index in [9.17, 15) is 4.39 Å². The van der Waals surface area contributed by atoms with E-state index in [1.165, 1.54) is 17.3 Å². The topological polar surface area (TPSA) is 17.0 Å². The van der Waals surface area contributed by atoms with E-state index >= 15 is 0 Å². The van der Waals surface area contributed by atoms with Gasteiger partial charge in [0, 0.05) is 37.1 Å². The summed E-state index contributed by atoms with van der Waals surface area (Å²) in [5.41, 5.74) is 3.27. The zero-order valence-electron chi connectivity index (χ0n) is 9.55. The summed E-state index contributed by atoms with van der Waals surface area (Å²) >= 11 is 0. The monoisotopic (exact) mass is 218 g/mol. The summed E-state index contributed by atoms with van der Waals surface area (Å²) in [5, 5.41) is 4.48. The van der Waals surface area contributed by atoms with Crippen LogP contribution >= 0.6 is 0 Å². The van der Waals surface area contributed by atoms with Crippen LogP contribution in [0.3, 0.4) is 0 Å². The number of hydrogen-bond acceptors (Lipinski definition) is 1. The highest BCUT2D eigenvalue weighted by Gasteiger charge is 2.22. The second-order valence-electron chi connectivity index (χ2n) is 4.61. The van der Waals surface area contributed by atoms with Crippen molar-refractivity contribution in [2.45, 2.75) is 25.9 Å². The highest BCUT2D eigenvalue weighted by atomic mass is 19.1. The fourth-order valence-electron chi connectivity index (χ4n) is 2.69. The molecule has 1 aliphatic heterocycles. The van der Waals surface area contributed by atoms with Crippen molar-refractivity contribution in [1.82, 2.24) is 9.88 Å². The molecule has 3 heteroatoms. The maximum Gasteiger partial charge on any atom is 0.147 e. The van der Waals surface area contributed by atoms with Gasteiger partial charge in [-0.25, -0.2) is 4.39 Å². The van der Waals surface area contributed by atoms with Crippen LogP contribution in [0.1, 0.15) is 18.2 Å². The highest BCUT2D eigenvalue weighted by Crippen LogP contribution is 2.30. The summed E-state index contributed by atoms with van der Waals surface area (Å²) in [6, 6.07) is 5.80. The summed E-state index contributed by atoms with van der Waals surface area (Å²) in [5.74, 6) is -0.123. The lowest BCUT2D eigenvalue weighted by atomic mass is 10.0. The first-order valence-corrected chi connectivity index (χ1v) is 5.66. The standard InChI is InChI=1S/C13H15FN2/c1-8-6-12-10(7-15-8)9-4-3-5-11(14)13(9)16(12)2/h3-5,8,15H,6-7H2,1-2H3. The van der Waals surface area contributed by atoms with Crippen LogP contribution < -0.4 is 5.32 Å². The van der Waals surface area contributed by atoms with Crippen LogP contribution in [0.15, 0.2) is 18.2 Å². The van der Waals surface area contributed by atoms with E-state index in [-0.39, 0.29) is 5.82 Å². The van der Waals surface area contributed by atoms with E-state index in [0.29, 0.717) is 6.04 Å². The van der Waals surface area contributed by atoms with Crippen LogP contribution in [-0.2, 0) is 20.0 Å². The van der Waals surface area contributed by atoms with Gasteiger partial charge in [0.25, 0.3) is 0 Å². The van der Waals surface area contributed by atoms with Crippen molar-refractivity contribution in [1.29, 1.82) is 0 Å². The molecular formula is C13H15FN2. The molecule has 1 aliphatic rings. The third-order valence-electron chi connectivity index (χ3n) is 3.53. The zero-order chi connectivity index (χ0) is 11.3. The molecule has 0 amide bonds. The van der Waals surface area contributed by atoms with Crippen molar-refractivity contribution in [2.24, 2.45) is 7.05 Å². The molecule has 84 valence electrons. The average molecular weight is 218 g/mol. The molecule has 2 heterocycles. The fraction of sp³-hybridized carbons (Fsp3) is 0.385. The van der Waals surface area contributed by atoms with Gasteiger partial charge in [-0.15, -0.1) is 0 Å². The first-order valence-electron chi connectivity index (χ1n) is 5.66. The molecule has 0 saturated carbocycles. The van der Waals surface area contributed by atoms with Gasteiger partial charge >= 0.3 is 0 Å². The Hall–Kier alpha value is -1.35. The molecule has 2 nitrogen and oxygen atoms in total. The van der Waals surface area contributed by atoms with Gasteiger partial charge in [-0.05, 0) is 18.6 Å². The van der Waals surface area contributed by atoms with E-state index in [1.807, 2.05) is 17.7 Å². The quantitative estimate of drug-likeness (QED) is 0.718. The van der Waals surface area contributed by atoms with Crippen LogP contribution in [0.5, 0.6) is 0 Å². The van der Waals surface area contributed by atoms with Crippen LogP contribution in [0, 0.1) is 5.82 Å². The molecule has 0 radical (unpaired) electrons. The van der Waals surface area contributed by atoms with Crippen LogP contribution in [-0.4, -0.2) is 10.6 Å². The number of aryl methyl sites for hydroxylation is 1. The van der Waals surface area contributed by atoms with Crippen molar-refractivity contribution in [3.63, 3.8) is 0 Å². The van der Waals surface area contributed by atoms with E-state index in [1.54, 1.807) is 6.07 Å². The van der Waals surface area contributed by atoms with Crippen molar-refractivity contribution in [3.8, 4) is 0 Å². The Morgan fingerprint density at radius 1 is 1.44 bits per heavy atom. The summed E-state index contributed by atoms with van der Waals surface area (Å²) in [6.07, 6.45) is 0.972. The third kappa shape index (κ3) is 1.21. The SMILES string of the molecule is CC1Cc2c(c3cccc(F)c3n2C)CN1. The molecule has 2 aromatic rings. The molecule has 0 fully saturated rings. The Morgan fingerprint density at radius 3 is 3.06 bits per heavy atom. The van der Waals surface area contributed by atoms with Crippen molar-refractivity contribution in [3.05, 3.63) is 35.3 Å². The summed E-state index contributed by atoms with van der Waals surface area (Å²) in [6.45, 7) is 3.01. The highest BCUT2D eigenvalue weighted by molar-refractivity contribution is 5.86. The van der Waals surface area contributed by atoms with Gasteiger partial charge in [-0.1, -0.05) is 12.1 Å². The Kier molecular flexibility index (Phi) is 2.04. The van der Waals surface area contributed by atoms with Crippen molar-refractivity contribution in [2.75, 3.05) is 0 Å². The minimum atomic E-state index is -0.123. The number of fused-ring (bicyclic) bond motifs is 3. The van der Waals surface area contributed by atoms with Crippen LogP contribution in [0.4, 0.5) is 4.39 Å². The summed E-state index contributed by atoms with van der Waals surface area (Å²) in [4.78, 5) is 0. The molecule has 0 saturated heterocycles. The molecule has 1 aromatic carbocycles.